The number of carbonyl (C=O) groups is 2. The summed E-state index contributed by atoms with van der Waals surface area (Å²) in [5, 5.41) is 37.1. The minimum Gasteiger partial charge on any atom is -0.481 e. The van der Waals surface area contributed by atoms with Gasteiger partial charge in [-0.2, -0.15) is 0 Å². The Morgan fingerprint density at radius 3 is 2.19 bits per heavy atom. The lowest BCUT2D eigenvalue weighted by molar-refractivity contribution is -0.262. The number of carboxylic acid groups (broad SMARTS) is 2. The van der Waals surface area contributed by atoms with Crippen molar-refractivity contribution in [1.29, 1.82) is 0 Å². The van der Waals surface area contributed by atoms with Crippen LogP contribution in [0, 0.1) is 0 Å². The Morgan fingerprint density at radius 2 is 1.71 bits per heavy atom. The highest BCUT2D eigenvalue weighted by Gasteiger charge is 2.21. The van der Waals surface area contributed by atoms with Gasteiger partial charge in [0, 0.05) is 13.1 Å². The number of aliphatic hydroxyl groups excluding tert-OH is 1. The van der Waals surface area contributed by atoms with Crippen molar-refractivity contribution < 1.29 is 44.5 Å². The Labute approximate surface area is 121 Å². The van der Waals surface area contributed by atoms with E-state index in [1.807, 2.05) is 0 Å². The average Bonchev–Trinajstić information content (AvgIpc) is 2.43. The molecule has 0 saturated carbocycles. The van der Waals surface area contributed by atoms with E-state index in [2.05, 4.69) is 10.2 Å². The molecule has 0 aliphatic heterocycles. The van der Waals surface area contributed by atoms with Gasteiger partial charge in [0.2, 0.25) is 0 Å². The molecule has 0 aliphatic carbocycles. The quantitative estimate of drug-likeness (QED) is 0.144. The van der Waals surface area contributed by atoms with Gasteiger partial charge >= 0.3 is 11.9 Å². The second kappa shape index (κ2) is 12.4. The summed E-state index contributed by atoms with van der Waals surface area (Å²) in [5.41, 5.74) is 0. The number of carboxylic acids is 2. The zero-order valence-electron chi connectivity index (χ0n) is 11.4. The Balaban J connectivity index is 3.61. The molecule has 2 atom stereocenters. The Morgan fingerprint density at radius 1 is 1.10 bits per heavy atom. The third-order valence-electron chi connectivity index (χ3n) is 2.33. The van der Waals surface area contributed by atoms with Gasteiger partial charge in [-0.05, 0) is 0 Å². The summed E-state index contributed by atoms with van der Waals surface area (Å²) in [6.45, 7) is 0.558. The summed E-state index contributed by atoms with van der Waals surface area (Å²) < 4.78 is 10.1. The number of rotatable bonds is 14. The van der Waals surface area contributed by atoms with Crippen molar-refractivity contribution in [1.82, 2.24) is 5.32 Å². The maximum Gasteiger partial charge on any atom is 0.333 e. The first kappa shape index (κ1) is 19.7. The van der Waals surface area contributed by atoms with Crippen LogP contribution in [0.4, 0.5) is 0 Å². The van der Waals surface area contributed by atoms with Crippen LogP contribution in [0.3, 0.4) is 0 Å². The topological polar surface area (TPSA) is 155 Å². The fraction of sp³-hybridized carbons (Fsp3) is 0.818. The lowest BCUT2D eigenvalue weighted by atomic mass is 10.2. The normalized spacial score (nSPS) is 13.8. The largest absolute Gasteiger partial charge is 0.481 e. The first-order valence-electron chi connectivity index (χ1n) is 6.27. The molecular weight excluding hydrogens is 290 g/mol. The van der Waals surface area contributed by atoms with Crippen molar-refractivity contribution >= 4 is 11.9 Å². The number of ether oxygens (including phenoxy) is 2. The third kappa shape index (κ3) is 11.1. The van der Waals surface area contributed by atoms with E-state index < -0.39 is 30.6 Å². The summed E-state index contributed by atoms with van der Waals surface area (Å²) in [6, 6.07) is 0. The maximum absolute atomic E-state index is 10.7. The molecule has 10 nitrogen and oxygen atoms in total. The smallest absolute Gasteiger partial charge is 0.333 e. The van der Waals surface area contributed by atoms with Gasteiger partial charge in [-0.3, -0.25) is 10.1 Å². The maximum atomic E-state index is 10.7. The fourth-order valence-electron chi connectivity index (χ4n) is 1.31. The molecule has 0 aromatic rings. The van der Waals surface area contributed by atoms with Gasteiger partial charge in [-0.15, -0.1) is 0 Å². The van der Waals surface area contributed by atoms with E-state index in [4.69, 9.17) is 30.1 Å². The molecule has 0 spiro atoms. The molecule has 0 heterocycles. The molecule has 0 fully saturated rings. The van der Waals surface area contributed by atoms with Crippen molar-refractivity contribution in [3.05, 3.63) is 0 Å². The van der Waals surface area contributed by atoms with Crippen molar-refractivity contribution in [3.63, 3.8) is 0 Å². The molecule has 5 N–H and O–H groups in total. The third-order valence-corrected chi connectivity index (χ3v) is 2.33. The molecule has 0 saturated heterocycles. The van der Waals surface area contributed by atoms with Gasteiger partial charge in [-0.25, -0.2) is 9.68 Å². The predicted molar refractivity (Wildman–Crippen MR) is 67.9 cm³/mol. The Hall–Kier alpha value is -1.30. The van der Waals surface area contributed by atoms with E-state index >= 15 is 0 Å². The van der Waals surface area contributed by atoms with E-state index in [9.17, 15) is 9.59 Å². The standard InChI is InChI=1S/C11H21NO9/c13-6-8(7-21-18)19-3-1-12-2-4-20-9(11(16)17)5-10(14)15/h8-9,12-13,18H,1-7H2,(H,14,15)(H,16,17). The number of aliphatic hydroxyl groups is 1. The first-order valence-corrected chi connectivity index (χ1v) is 6.27. The molecule has 0 aliphatic rings. The highest BCUT2D eigenvalue weighted by Crippen LogP contribution is 1.98. The van der Waals surface area contributed by atoms with E-state index in [1.54, 1.807) is 0 Å². The van der Waals surface area contributed by atoms with Crippen LogP contribution >= 0.6 is 0 Å². The molecule has 0 rings (SSSR count). The van der Waals surface area contributed by atoms with E-state index in [1.165, 1.54) is 0 Å². The second-order valence-corrected chi connectivity index (χ2v) is 4.02. The molecule has 124 valence electrons. The van der Waals surface area contributed by atoms with Crippen LogP contribution in [-0.2, 0) is 24.0 Å². The van der Waals surface area contributed by atoms with Crippen LogP contribution in [0.15, 0.2) is 0 Å². The fourth-order valence-corrected chi connectivity index (χ4v) is 1.31. The number of aliphatic carboxylic acids is 2. The average molecular weight is 311 g/mol. The van der Waals surface area contributed by atoms with Gasteiger partial charge < -0.3 is 30.1 Å². The summed E-state index contributed by atoms with van der Waals surface area (Å²) >= 11 is 0. The van der Waals surface area contributed by atoms with Crippen LogP contribution in [0.25, 0.3) is 0 Å². The lowest BCUT2D eigenvalue weighted by Gasteiger charge is -2.14. The molecule has 0 amide bonds. The van der Waals surface area contributed by atoms with Crippen molar-refractivity contribution in [3.8, 4) is 0 Å². The highest BCUT2D eigenvalue weighted by atomic mass is 17.1. The number of nitrogens with one attached hydrogen (secondary N) is 1. The highest BCUT2D eigenvalue weighted by molar-refractivity contribution is 5.79. The zero-order chi connectivity index (χ0) is 16.1. The molecule has 0 radical (unpaired) electrons. The predicted octanol–water partition coefficient (Wildman–Crippen LogP) is -1.61. The molecule has 0 aromatic carbocycles. The van der Waals surface area contributed by atoms with Crippen LogP contribution < -0.4 is 5.32 Å². The van der Waals surface area contributed by atoms with E-state index in [0.717, 1.165) is 0 Å². The summed E-state index contributed by atoms with van der Waals surface area (Å²) in [7, 11) is 0. The van der Waals surface area contributed by atoms with Gasteiger partial charge in [0.05, 0.1) is 26.2 Å². The summed E-state index contributed by atoms with van der Waals surface area (Å²) in [6.07, 6.45) is -2.60. The molecule has 0 aromatic heterocycles. The Bertz CT molecular complexity index is 299. The first-order chi connectivity index (χ1) is 10.0. The molecule has 10 heteroatoms. The lowest BCUT2D eigenvalue weighted by Crippen LogP contribution is -2.32. The number of hydrogen-bond acceptors (Lipinski definition) is 8. The molecule has 0 bridgehead atoms. The Kier molecular flexibility index (Phi) is 11.7. The monoisotopic (exact) mass is 311 g/mol. The van der Waals surface area contributed by atoms with Gasteiger partial charge in [0.15, 0.2) is 6.10 Å². The van der Waals surface area contributed by atoms with Crippen molar-refractivity contribution in [2.75, 3.05) is 39.5 Å². The summed E-state index contributed by atoms with van der Waals surface area (Å²) in [5.74, 6) is -2.57. The van der Waals surface area contributed by atoms with Crippen LogP contribution in [0.5, 0.6) is 0 Å². The van der Waals surface area contributed by atoms with Crippen LogP contribution in [0.1, 0.15) is 6.42 Å². The van der Waals surface area contributed by atoms with E-state index in [-0.39, 0.29) is 26.4 Å². The minimum atomic E-state index is -1.37. The summed E-state index contributed by atoms with van der Waals surface area (Å²) in [4.78, 5) is 24.9. The SMILES string of the molecule is O=C(O)CC(OCCNCCOC(CO)COO)C(=O)O. The van der Waals surface area contributed by atoms with Crippen molar-refractivity contribution in [2.45, 2.75) is 18.6 Å². The molecule has 2 unspecified atom stereocenters. The van der Waals surface area contributed by atoms with Crippen LogP contribution in [-0.4, -0.2) is 84.2 Å². The van der Waals surface area contributed by atoms with Gasteiger partial charge in [0.1, 0.15) is 12.7 Å². The molecule has 21 heavy (non-hydrogen) atoms. The minimum absolute atomic E-state index is 0.0351. The zero-order valence-corrected chi connectivity index (χ0v) is 11.4. The van der Waals surface area contributed by atoms with Gasteiger partial charge in [-0.1, -0.05) is 0 Å². The van der Waals surface area contributed by atoms with E-state index in [0.29, 0.717) is 13.1 Å². The second-order valence-electron chi connectivity index (χ2n) is 4.02. The number of hydrogen-bond donors (Lipinski definition) is 5. The van der Waals surface area contributed by atoms with Crippen molar-refractivity contribution in [2.24, 2.45) is 0 Å². The van der Waals surface area contributed by atoms with Crippen LogP contribution in [0.2, 0.25) is 0 Å². The van der Waals surface area contributed by atoms with Gasteiger partial charge in [0.25, 0.3) is 0 Å². The molecular formula is C11H21NO9.